The SMILES string of the molecule is [c]1nc2ccccc2n1CCn1cccn1. The van der Waals surface area contributed by atoms with E-state index in [4.69, 9.17) is 0 Å². The fourth-order valence-electron chi connectivity index (χ4n) is 1.76. The van der Waals surface area contributed by atoms with Crippen LogP contribution in [0.3, 0.4) is 0 Å². The number of imidazole rings is 1. The van der Waals surface area contributed by atoms with Crippen molar-refractivity contribution in [2.24, 2.45) is 0 Å². The average Bonchev–Trinajstić information content (AvgIpc) is 2.96. The number of aromatic nitrogens is 4. The molecule has 0 aliphatic heterocycles. The van der Waals surface area contributed by atoms with Crippen LogP contribution >= 0.6 is 0 Å². The molecular weight excluding hydrogens is 200 g/mol. The summed E-state index contributed by atoms with van der Waals surface area (Å²) >= 11 is 0. The van der Waals surface area contributed by atoms with E-state index in [-0.39, 0.29) is 0 Å². The van der Waals surface area contributed by atoms with Gasteiger partial charge in [0.25, 0.3) is 0 Å². The molecule has 4 nitrogen and oxygen atoms in total. The molecule has 1 aromatic carbocycles. The van der Waals surface area contributed by atoms with Crippen LogP contribution in [0.5, 0.6) is 0 Å². The molecule has 0 fully saturated rings. The molecule has 0 amide bonds. The summed E-state index contributed by atoms with van der Waals surface area (Å²) in [7, 11) is 0. The zero-order valence-electron chi connectivity index (χ0n) is 8.74. The van der Waals surface area contributed by atoms with Crippen LogP contribution in [-0.2, 0) is 13.1 Å². The van der Waals surface area contributed by atoms with Crippen molar-refractivity contribution in [3.63, 3.8) is 0 Å². The van der Waals surface area contributed by atoms with Crippen LogP contribution in [-0.4, -0.2) is 19.3 Å². The predicted molar refractivity (Wildman–Crippen MR) is 60.8 cm³/mol. The van der Waals surface area contributed by atoms with E-state index in [9.17, 15) is 0 Å². The van der Waals surface area contributed by atoms with Crippen molar-refractivity contribution in [2.45, 2.75) is 13.1 Å². The Balaban J connectivity index is 1.84. The van der Waals surface area contributed by atoms with E-state index >= 15 is 0 Å². The van der Waals surface area contributed by atoms with Crippen LogP contribution in [0.15, 0.2) is 42.7 Å². The minimum absolute atomic E-state index is 0.836. The molecule has 4 heteroatoms. The summed E-state index contributed by atoms with van der Waals surface area (Å²) in [4.78, 5) is 4.23. The lowest BCUT2D eigenvalue weighted by Gasteiger charge is -2.03. The van der Waals surface area contributed by atoms with E-state index in [1.54, 1.807) is 6.20 Å². The van der Waals surface area contributed by atoms with Gasteiger partial charge in [-0.3, -0.25) is 4.68 Å². The number of benzene rings is 1. The predicted octanol–water partition coefficient (Wildman–Crippen LogP) is 1.73. The maximum Gasteiger partial charge on any atom is 0.177 e. The van der Waals surface area contributed by atoms with Crippen LogP contribution in [0.1, 0.15) is 0 Å². The molecule has 0 saturated heterocycles. The molecule has 0 N–H and O–H groups in total. The van der Waals surface area contributed by atoms with Crippen molar-refractivity contribution in [2.75, 3.05) is 0 Å². The third-order valence-electron chi connectivity index (χ3n) is 2.58. The van der Waals surface area contributed by atoms with Gasteiger partial charge in [-0.05, 0) is 18.2 Å². The van der Waals surface area contributed by atoms with Gasteiger partial charge in [-0.25, -0.2) is 4.98 Å². The van der Waals surface area contributed by atoms with Crippen LogP contribution in [0, 0.1) is 6.33 Å². The fraction of sp³-hybridized carbons (Fsp3) is 0.167. The van der Waals surface area contributed by atoms with Crippen molar-refractivity contribution in [1.82, 2.24) is 19.3 Å². The Kier molecular flexibility index (Phi) is 2.18. The Morgan fingerprint density at radius 3 is 2.94 bits per heavy atom. The highest BCUT2D eigenvalue weighted by Gasteiger charge is 2.01. The van der Waals surface area contributed by atoms with Crippen LogP contribution in [0.4, 0.5) is 0 Å². The maximum atomic E-state index is 4.23. The van der Waals surface area contributed by atoms with Crippen molar-refractivity contribution < 1.29 is 0 Å². The molecule has 0 spiro atoms. The van der Waals surface area contributed by atoms with Gasteiger partial charge in [0.1, 0.15) is 0 Å². The zero-order chi connectivity index (χ0) is 10.8. The summed E-state index contributed by atoms with van der Waals surface area (Å²) in [6.07, 6.45) is 6.75. The smallest absolute Gasteiger partial charge is 0.177 e. The lowest BCUT2D eigenvalue weighted by atomic mass is 10.3. The number of nitrogens with zero attached hydrogens (tertiary/aromatic N) is 4. The quantitative estimate of drug-likeness (QED) is 0.661. The summed E-state index contributed by atoms with van der Waals surface area (Å²) in [5.41, 5.74) is 2.11. The maximum absolute atomic E-state index is 4.23. The number of hydrogen-bond acceptors (Lipinski definition) is 2. The molecule has 0 aliphatic carbocycles. The monoisotopic (exact) mass is 211 g/mol. The first-order valence-electron chi connectivity index (χ1n) is 5.24. The number of hydrogen-bond donors (Lipinski definition) is 0. The highest BCUT2D eigenvalue weighted by Crippen LogP contribution is 2.11. The second kappa shape index (κ2) is 3.81. The first kappa shape index (κ1) is 9.15. The lowest BCUT2D eigenvalue weighted by Crippen LogP contribution is -2.06. The first-order valence-corrected chi connectivity index (χ1v) is 5.24. The molecule has 2 heterocycles. The van der Waals surface area contributed by atoms with Crippen molar-refractivity contribution in [3.05, 3.63) is 49.1 Å². The number of para-hydroxylation sites is 2. The van der Waals surface area contributed by atoms with Gasteiger partial charge in [0.05, 0.1) is 17.6 Å². The number of fused-ring (bicyclic) bond motifs is 1. The Bertz CT molecular complexity index is 580. The Labute approximate surface area is 93.1 Å². The molecule has 0 saturated carbocycles. The lowest BCUT2D eigenvalue weighted by molar-refractivity contribution is 0.539. The summed E-state index contributed by atoms with van der Waals surface area (Å²) in [6, 6.07) is 9.98. The van der Waals surface area contributed by atoms with Crippen molar-refractivity contribution in [3.8, 4) is 0 Å². The van der Waals surface area contributed by atoms with Gasteiger partial charge in [-0.1, -0.05) is 12.1 Å². The van der Waals surface area contributed by atoms with Crippen LogP contribution in [0.25, 0.3) is 11.0 Å². The second-order valence-corrected chi connectivity index (χ2v) is 3.62. The Morgan fingerprint density at radius 1 is 1.12 bits per heavy atom. The minimum Gasteiger partial charge on any atom is -0.319 e. The Morgan fingerprint density at radius 2 is 2.06 bits per heavy atom. The van der Waals surface area contributed by atoms with Gasteiger partial charge in [0.15, 0.2) is 6.33 Å². The largest absolute Gasteiger partial charge is 0.319 e. The van der Waals surface area contributed by atoms with Crippen molar-refractivity contribution >= 4 is 11.0 Å². The van der Waals surface area contributed by atoms with E-state index in [0.29, 0.717) is 0 Å². The third-order valence-corrected chi connectivity index (χ3v) is 2.58. The normalized spacial score (nSPS) is 11.0. The summed E-state index contributed by atoms with van der Waals surface area (Å²) < 4.78 is 3.93. The molecule has 0 bridgehead atoms. The zero-order valence-corrected chi connectivity index (χ0v) is 8.74. The fourth-order valence-corrected chi connectivity index (χ4v) is 1.76. The number of rotatable bonds is 3. The summed E-state index contributed by atoms with van der Waals surface area (Å²) in [5, 5.41) is 4.16. The highest BCUT2D eigenvalue weighted by molar-refractivity contribution is 5.74. The van der Waals surface area contributed by atoms with E-state index < -0.39 is 0 Å². The van der Waals surface area contributed by atoms with Gasteiger partial charge >= 0.3 is 0 Å². The highest BCUT2D eigenvalue weighted by atomic mass is 15.3. The van der Waals surface area contributed by atoms with Crippen LogP contribution < -0.4 is 0 Å². The number of aryl methyl sites for hydroxylation is 2. The molecule has 16 heavy (non-hydrogen) atoms. The van der Waals surface area contributed by atoms with E-state index in [2.05, 4.69) is 22.5 Å². The minimum atomic E-state index is 0.836. The van der Waals surface area contributed by atoms with Gasteiger partial charge < -0.3 is 4.57 Å². The standard InChI is InChI=1S/C12H11N4/c1-2-5-12-11(4-1)13-10-15(12)8-9-16-7-3-6-14-16/h1-7H,8-9H2. The molecule has 1 radical (unpaired) electrons. The molecule has 3 aromatic rings. The van der Waals surface area contributed by atoms with Gasteiger partial charge in [0, 0.05) is 18.9 Å². The van der Waals surface area contributed by atoms with E-state index in [0.717, 1.165) is 24.1 Å². The Hall–Kier alpha value is -2.10. The molecule has 79 valence electrons. The molecular formula is C12H11N4. The van der Waals surface area contributed by atoms with Crippen LogP contribution in [0.2, 0.25) is 0 Å². The second-order valence-electron chi connectivity index (χ2n) is 3.62. The third kappa shape index (κ3) is 1.58. The topological polar surface area (TPSA) is 35.6 Å². The summed E-state index contributed by atoms with van der Waals surface area (Å²) in [6.45, 7) is 1.67. The van der Waals surface area contributed by atoms with Crippen molar-refractivity contribution in [1.29, 1.82) is 0 Å². The van der Waals surface area contributed by atoms with Gasteiger partial charge in [-0.15, -0.1) is 0 Å². The molecule has 3 rings (SSSR count). The van der Waals surface area contributed by atoms with E-state index in [1.807, 2.05) is 39.7 Å². The molecule has 0 aliphatic rings. The van der Waals surface area contributed by atoms with Gasteiger partial charge in [0.2, 0.25) is 0 Å². The average molecular weight is 211 g/mol. The van der Waals surface area contributed by atoms with E-state index in [1.165, 1.54) is 0 Å². The first-order chi connectivity index (χ1) is 7.93. The molecule has 0 unspecified atom stereocenters. The summed E-state index contributed by atoms with van der Waals surface area (Å²) in [5.74, 6) is 0. The molecule has 2 aromatic heterocycles. The van der Waals surface area contributed by atoms with Gasteiger partial charge in [-0.2, -0.15) is 5.10 Å². The molecule has 0 atom stereocenters.